The summed E-state index contributed by atoms with van der Waals surface area (Å²) >= 11 is 0. The highest BCUT2D eigenvalue weighted by atomic mass is 16.6. The molecule has 1 aliphatic carbocycles. The number of carbonyl (C=O) groups is 1. The molecule has 1 N–H and O–H groups in total. The first kappa shape index (κ1) is 21.9. The molecular weight excluding hydrogens is 434 g/mol. The molecular formula is C24H27N7O3. The van der Waals surface area contributed by atoms with Crippen LogP contribution in [0.25, 0.3) is 16.8 Å². The standard InChI is InChI=1S/C24H27N7O3/c1-5-33-15-6-16(21-14(7-25)8-28-31(21)11-15)19-9-27-20(10-26-19)30-12-17-18(13-30)22(17)34-23(32)29-24(2,3)4/h6,8-11,17-18,22H,5,12-13H2,1-4H3,(H,29,32). The Balaban J connectivity index is 1.30. The van der Waals surface area contributed by atoms with E-state index in [1.807, 2.05) is 33.8 Å². The SMILES string of the molecule is CCOc1cc(-c2cnc(N3CC4C(C3)C4OC(=O)NC(C)(C)C)cn2)c2c(C#N)cnn2c1. The van der Waals surface area contributed by atoms with Gasteiger partial charge in [-0.2, -0.15) is 10.4 Å². The zero-order valence-corrected chi connectivity index (χ0v) is 19.6. The molecule has 2 unspecified atom stereocenters. The minimum atomic E-state index is -0.361. The van der Waals surface area contributed by atoms with Gasteiger partial charge in [-0.15, -0.1) is 0 Å². The Morgan fingerprint density at radius 2 is 2.00 bits per heavy atom. The molecule has 1 amide bonds. The Labute approximate surface area is 197 Å². The summed E-state index contributed by atoms with van der Waals surface area (Å²) in [7, 11) is 0. The lowest BCUT2D eigenvalue weighted by Crippen LogP contribution is -2.42. The van der Waals surface area contributed by atoms with Gasteiger partial charge in [-0.1, -0.05) is 0 Å². The summed E-state index contributed by atoms with van der Waals surface area (Å²) in [6, 6.07) is 4.05. The fourth-order valence-electron chi connectivity index (χ4n) is 4.54. The lowest BCUT2D eigenvalue weighted by molar-refractivity contribution is 0.119. The van der Waals surface area contributed by atoms with Gasteiger partial charge in [0.15, 0.2) is 0 Å². The van der Waals surface area contributed by atoms with Gasteiger partial charge in [-0.05, 0) is 33.8 Å². The van der Waals surface area contributed by atoms with Crippen LogP contribution in [0.4, 0.5) is 10.6 Å². The molecule has 0 aromatic carbocycles. The molecule has 10 nitrogen and oxygen atoms in total. The molecule has 0 bridgehead atoms. The highest BCUT2D eigenvalue weighted by molar-refractivity contribution is 5.83. The number of carbonyl (C=O) groups excluding carboxylic acids is 1. The van der Waals surface area contributed by atoms with E-state index in [1.165, 1.54) is 6.20 Å². The number of nitriles is 1. The van der Waals surface area contributed by atoms with Crippen LogP contribution >= 0.6 is 0 Å². The average Bonchev–Trinajstić information content (AvgIpc) is 3.14. The molecule has 1 aliphatic heterocycles. The van der Waals surface area contributed by atoms with Gasteiger partial charge >= 0.3 is 6.09 Å². The molecule has 10 heteroatoms. The maximum Gasteiger partial charge on any atom is 0.407 e. The predicted octanol–water partition coefficient (Wildman–Crippen LogP) is 3.02. The van der Waals surface area contributed by atoms with Crippen LogP contribution in [-0.4, -0.2) is 57.0 Å². The van der Waals surface area contributed by atoms with Crippen molar-refractivity contribution in [2.45, 2.75) is 39.3 Å². The van der Waals surface area contributed by atoms with E-state index < -0.39 is 0 Å². The summed E-state index contributed by atoms with van der Waals surface area (Å²) < 4.78 is 12.9. The quantitative estimate of drug-likeness (QED) is 0.616. The van der Waals surface area contributed by atoms with Crippen molar-refractivity contribution in [2.75, 3.05) is 24.6 Å². The van der Waals surface area contributed by atoms with Crippen molar-refractivity contribution < 1.29 is 14.3 Å². The number of hydrogen-bond donors (Lipinski definition) is 1. The van der Waals surface area contributed by atoms with Crippen LogP contribution in [0.15, 0.2) is 30.9 Å². The number of anilines is 1. The average molecular weight is 462 g/mol. The first-order valence-electron chi connectivity index (χ1n) is 11.4. The van der Waals surface area contributed by atoms with E-state index in [9.17, 15) is 10.1 Å². The van der Waals surface area contributed by atoms with Crippen LogP contribution in [0.2, 0.25) is 0 Å². The summed E-state index contributed by atoms with van der Waals surface area (Å²) in [4.78, 5) is 23.5. The lowest BCUT2D eigenvalue weighted by Gasteiger charge is -2.23. The molecule has 1 saturated carbocycles. The summed E-state index contributed by atoms with van der Waals surface area (Å²) in [6.45, 7) is 9.76. The Bertz CT molecular complexity index is 1260. The molecule has 3 aromatic rings. The van der Waals surface area contributed by atoms with Crippen LogP contribution in [0.3, 0.4) is 0 Å². The molecule has 2 aliphatic rings. The van der Waals surface area contributed by atoms with Crippen molar-refractivity contribution >= 4 is 17.4 Å². The molecule has 0 spiro atoms. The van der Waals surface area contributed by atoms with Crippen LogP contribution in [0.1, 0.15) is 33.3 Å². The second-order valence-corrected chi connectivity index (χ2v) is 9.72. The highest BCUT2D eigenvalue weighted by Gasteiger charge is 2.59. The minimum Gasteiger partial charge on any atom is -0.492 e. The van der Waals surface area contributed by atoms with Crippen molar-refractivity contribution in [2.24, 2.45) is 11.8 Å². The number of nitrogens with zero attached hydrogens (tertiary/aromatic N) is 6. The van der Waals surface area contributed by atoms with Crippen molar-refractivity contribution in [1.82, 2.24) is 24.9 Å². The number of piperidine rings is 1. The molecule has 4 heterocycles. The lowest BCUT2D eigenvalue weighted by atomic mass is 10.1. The van der Waals surface area contributed by atoms with E-state index in [0.717, 1.165) is 24.5 Å². The van der Waals surface area contributed by atoms with Gasteiger partial charge in [-0.25, -0.2) is 14.3 Å². The second-order valence-electron chi connectivity index (χ2n) is 9.72. The van der Waals surface area contributed by atoms with Gasteiger partial charge in [-0.3, -0.25) is 4.98 Å². The van der Waals surface area contributed by atoms with Gasteiger partial charge in [0.2, 0.25) is 0 Å². The Hall–Kier alpha value is -3.87. The number of rotatable bonds is 5. The molecule has 3 aromatic heterocycles. The van der Waals surface area contributed by atoms with Crippen LogP contribution in [0.5, 0.6) is 5.75 Å². The second kappa shape index (κ2) is 8.17. The number of fused-ring (bicyclic) bond motifs is 2. The predicted molar refractivity (Wildman–Crippen MR) is 124 cm³/mol. The van der Waals surface area contributed by atoms with Crippen molar-refractivity contribution in [3.8, 4) is 23.1 Å². The third-order valence-corrected chi connectivity index (χ3v) is 6.09. The van der Waals surface area contributed by atoms with Gasteiger partial charge in [0.25, 0.3) is 0 Å². The number of amides is 1. The minimum absolute atomic E-state index is 0.0355. The van der Waals surface area contributed by atoms with Crippen molar-refractivity contribution in [3.63, 3.8) is 0 Å². The monoisotopic (exact) mass is 461 g/mol. The van der Waals surface area contributed by atoms with Crippen molar-refractivity contribution in [1.29, 1.82) is 5.26 Å². The molecule has 2 atom stereocenters. The van der Waals surface area contributed by atoms with E-state index in [1.54, 1.807) is 23.1 Å². The molecule has 1 saturated heterocycles. The zero-order chi connectivity index (χ0) is 24.0. The van der Waals surface area contributed by atoms with Crippen LogP contribution in [-0.2, 0) is 4.74 Å². The normalized spacial score (nSPS) is 21.1. The van der Waals surface area contributed by atoms with Gasteiger partial charge in [0.1, 0.15) is 23.7 Å². The van der Waals surface area contributed by atoms with Gasteiger partial charge in [0, 0.05) is 36.0 Å². The molecule has 2 fully saturated rings. The van der Waals surface area contributed by atoms with E-state index >= 15 is 0 Å². The maximum absolute atomic E-state index is 12.0. The van der Waals surface area contributed by atoms with E-state index in [2.05, 4.69) is 31.4 Å². The summed E-state index contributed by atoms with van der Waals surface area (Å²) in [6.07, 6.45) is 6.35. The van der Waals surface area contributed by atoms with Crippen LogP contribution < -0.4 is 15.0 Å². The number of hydrogen-bond acceptors (Lipinski definition) is 8. The molecule has 176 valence electrons. The Morgan fingerprint density at radius 1 is 1.24 bits per heavy atom. The number of alkyl carbamates (subject to hydrolysis) is 1. The highest BCUT2D eigenvalue weighted by Crippen LogP contribution is 2.48. The fourth-order valence-corrected chi connectivity index (χ4v) is 4.54. The fraction of sp³-hybridized carbons (Fsp3) is 0.458. The van der Waals surface area contributed by atoms with E-state index in [-0.39, 0.29) is 17.7 Å². The van der Waals surface area contributed by atoms with E-state index in [4.69, 9.17) is 9.47 Å². The van der Waals surface area contributed by atoms with Crippen LogP contribution in [0, 0.1) is 23.2 Å². The smallest absolute Gasteiger partial charge is 0.407 e. The first-order valence-corrected chi connectivity index (χ1v) is 11.4. The topological polar surface area (TPSA) is 118 Å². The Kier molecular flexibility index (Phi) is 5.27. The molecule has 5 rings (SSSR count). The summed E-state index contributed by atoms with van der Waals surface area (Å²) in [5, 5.41) is 16.6. The first-order chi connectivity index (χ1) is 16.3. The van der Waals surface area contributed by atoms with E-state index in [0.29, 0.717) is 41.0 Å². The number of nitrogens with one attached hydrogen (secondary N) is 1. The third kappa shape index (κ3) is 4.09. The summed E-state index contributed by atoms with van der Waals surface area (Å²) in [5.41, 5.74) is 2.19. The summed E-state index contributed by atoms with van der Waals surface area (Å²) in [5.74, 6) is 2.06. The molecule has 34 heavy (non-hydrogen) atoms. The number of ether oxygens (including phenoxy) is 2. The maximum atomic E-state index is 12.0. The zero-order valence-electron chi connectivity index (χ0n) is 19.6. The number of aromatic nitrogens is 4. The van der Waals surface area contributed by atoms with Gasteiger partial charge in [0.05, 0.1) is 48.2 Å². The number of pyridine rings is 1. The Morgan fingerprint density at radius 3 is 2.62 bits per heavy atom. The largest absolute Gasteiger partial charge is 0.492 e. The van der Waals surface area contributed by atoms with Gasteiger partial charge < -0.3 is 19.7 Å². The third-order valence-electron chi connectivity index (χ3n) is 6.09. The van der Waals surface area contributed by atoms with Crippen molar-refractivity contribution in [3.05, 3.63) is 36.4 Å². The molecule has 0 radical (unpaired) electrons.